The van der Waals surface area contributed by atoms with Crippen LogP contribution in [0.1, 0.15) is 12.5 Å². The van der Waals surface area contributed by atoms with Gasteiger partial charge in [0.2, 0.25) is 0 Å². The molecular formula is C20H22F2N10O8P2S2. The third kappa shape index (κ3) is 5.26. The van der Waals surface area contributed by atoms with Gasteiger partial charge >= 0.3 is 13.5 Å². The fraction of sp³-hybridized carbons (Fsp3) is 0.500. The quantitative estimate of drug-likeness (QED) is 0.171. The van der Waals surface area contributed by atoms with Crippen molar-refractivity contribution in [3.63, 3.8) is 0 Å². The summed E-state index contributed by atoms with van der Waals surface area (Å²) in [6.45, 7) is -9.88. The van der Waals surface area contributed by atoms with E-state index >= 15 is 8.78 Å². The average Bonchev–Trinajstić information content (AvgIpc) is 3.73. The third-order valence-electron chi connectivity index (χ3n) is 7.17. The summed E-state index contributed by atoms with van der Waals surface area (Å²) in [5.74, 6) is 0.111. The first kappa shape index (κ1) is 30.2. The fourth-order valence-electron chi connectivity index (χ4n) is 5.17. The van der Waals surface area contributed by atoms with Crippen LogP contribution in [-0.4, -0.2) is 93.9 Å². The van der Waals surface area contributed by atoms with Crippen molar-refractivity contribution in [2.75, 3.05) is 24.7 Å². The molecule has 18 nitrogen and oxygen atoms in total. The van der Waals surface area contributed by atoms with Gasteiger partial charge in [-0.3, -0.25) is 22.7 Å². The number of nitrogens with zero attached hydrogens (tertiary/aromatic N) is 8. The lowest BCUT2D eigenvalue weighted by Crippen LogP contribution is -2.37. The van der Waals surface area contributed by atoms with Crippen molar-refractivity contribution in [1.82, 2.24) is 39.0 Å². The molecule has 24 heteroatoms. The van der Waals surface area contributed by atoms with Gasteiger partial charge in [0.15, 0.2) is 47.7 Å². The topological polar surface area (TPSA) is 232 Å². The molecular weight excluding hydrogens is 672 g/mol. The van der Waals surface area contributed by atoms with E-state index in [2.05, 4.69) is 42.2 Å². The Kier molecular flexibility index (Phi) is 7.61. The van der Waals surface area contributed by atoms with Gasteiger partial charge < -0.3 is 30.4 Å². The minimum atomic E-state index is -4.38. The minimum absolute atomic E-state index is 0.0550. The molecule has 0 radical (unpaired) electrons. The second-order valence-electron chi connectivity index (χ2n) is 9.85. The zero-order valence-electron chi connectivity index (χ0n) is 21.9. The van der Waals surface area contributed by atoms with Crippen LogP contribution in [0.4, 0.5) is 20.4 Å². The molecule has 7 rings (SSSR count). The number of imidazole rings is 2. The lowest BCUT2D eigenvalue weighted by Gasteiger charge is -2.29. The number of aromatic nitrogens is 8. The summed E-state index contributed by atoms with van der Waals surface area (Å²) in [6, 6.07) is 0. The normalized spacial score (nSPS) is 38.3. The van der Waals surface area contributed by atoms with E-state index in [-0.39, 0.29) is 34.0 Å². The van der Waals surface area contributed by atoms with Crippen molar-refractivity contribution < 1.29 is 45.8 Å². The summed E-state index contributed by atoms with van der Waals surface area (Å²) in [5, 5.41) is 0. The van der Waals surface area contributed by atoms with Crippen molar-refractivity contribution in [1.29, 1.82) is 0 Å². The third-order valence-corrected chi connectivity index (χ3v) is 10.3. The maximum absolute atomic E-state index is 16.0. The molecule has 7 heterocycles. The van der Waals surface area contributed by atoms with Crippen LogP contribution < -0.4 is 11.5 Å². The number of fused-ring (bicyclic) bond motifs is 4. The van der Waals surface area contributed by atoms with Gasteiger partial charge in [-0.15, -0.1) is 0 Å². The molecule has 0 spiro atoms. The lowest BCUT2D eigenvalue weighted by atomic mass is 10.1. The van der Waals surface area contributed by atoms with Gasteiger partial charge in [-0.25, -0.2) is 43.2 Å². The first-order valence-electron chi connectivity index (χ1n) is 12.7. The molecule has 4 aromatic heterocycles. The maximum atomic E-state index is 16.0. The van der Waals surface area contributed by atoms with E-state index in [1.165, 1.54) is 21.8 Å². The number of nitrogen functional groups attached to an aromatic ring is 2. The van der Waals surface area contributed by atoms with Gasteiger partial charge in [-0.2, -0.15) is 0 Å². The van der Waals surface area contributed by atoms with Crippen molar-refractivity contribution in [2.24, 2.45) is 0 Å². The second-order valence-corrected chi connectivity index (χ2v) is 15.5. The predicted molar refractivity (Wildman–Crippen MR) is 152 cm³/mol. The van der Waals surface area contributed by atoms with Crippen LogP contribution >= 0.6 is 25.8 Å². The molecule has 0 aliphatic carbocycles. The van der Waals surface area contributed by atoms with E-state index in [0.717, 1.165) is 12.7 Å². The Morgan fingerprint density at radius 3 is 1.84 bits per heavy atom. The highest BCUT2D eigenvalue weighted by Crippen LogP contribution is 2.58. The molecule has 0 bridgehead atoms. The van der Waals surface area contributed by atoms with Gasteiger partial charge in [0.25, 0.3) is 0 Å². The van der Waals surface area contributed by atoms with Crippen LogP contribution in [0.3, 0.4) is 0 Å². The van der Waals surface area contributed by atoms with E-state index in [9.17, 15) is 9.46 Å². The van der Waals surface area contributed by atoms with Gasteiger partial charge in [-0.1, -0.05) is 12.2 Å². The van der Waals surface area contributed by atoms with Crippen molar-refractivity contribution >= 4 is 71.5 Å². The molecule has 3 fully saturated rings. The number of ether oxygens (including phenoxy) is 2. The van der Waals surface area contributed by atoms with Crippen molar-refractivity contribution in [3.8, 4) is 0 Å². The molecule has 4 aromatic rings. The first-order valence-corrected chi connectivity index (χ1v) is 18.0. The SMILES string of the molecule is Nc1ncnc2c1ncn2[C@@H]1O[C@@H]2COP(O)(=S)O[C@H]3[C@@H](F)[C@H](n4cnc5c(N)ncnc54)O[C@@H]3COP(=O)(S)O[C@H]2[C@H]1F. The molecule has 236 valence electrons. The molecule has 0 aromatic carbocycles. The molecule has 44 heavy (non-hydrogen) atoms. The Labute approximate surface area is 255 Å². The Bertz CT molecular complexity index is 1710. The highest BCUT2D eigenvalue weighted by molar-refractivity contribution is 8.44. The Hall–Kier alpha value is -2.49. The zero-order valence-corrected chi connectivity index (χ0v) is 25.4. The molecule has 3 saturated heterocycles. The van der Waals surface area contributed by atoms with Gasteiger partial charge in [-0.05, 0) is 11.8 Å². The van der Waals surface area contributed by atoms with Crippen molar-refractivity contribution in [3.05, 3.63) is 25.3 Å². The van der Waals surface area contributed by atoms with E-state index in [1.807, 2.05) is 0 Å². The summed E-state index contributed by atoms with van der Waals surface area (Å²) in [6.07, 6.45) is -7.94. The molecule has 5 N–H and O–H groups in total. The molecule has 2 unspecified atom stereocenters. The van der Waals surface area contributed by atoms with E-state index in [1.54, 1.807) is 0 Å². The van der Waals surface area contributed by atoms with Crippen LogP contribution in [0.2, 0.25) is 0 Å². The van der Waals surface area contributed by atoms with Crippen LogP contribution in [0.5, 0.6) is 0 Å². The summed E-state index contributed by atoms with van der Waals surface area (Å²) in [4.78, 5) is 35.0. The van der Waals surface area contributed by atoms with Gasteiger partial charge in [0.05, 0.1) is 25.9 Å². The van der Waals surface area contributed by atoms with Gasteiger partial charge in [0.1, 0.15) is 48.1 Å². The molecule has 0 amide bonds. The minimum Gasteiger partial charge on any atom is -0.382 e. The Balaban J connectivity index is 1.17. The second kappa shape index (κ2) is 11.1. The highest BCUT2D eigenvalue weighted by atomic mass is 32.7. The Morgan fingerprint density at radius 1 is 0.841 bits per heavy atom. The summed E-state index contributed by atoms with van der Waals surface area (Å²) < 4.78 is 81.4. The highest BCUT2D eigenvalue weighted by Gasteiger charge is 2.54. The smallest absolute Gasteiger partial charge is 0.382 e. The summed E-state index contributed by atoms with van der Waals surface area (Å²) in [5.41, 5.74) is 12.4. The number of halogens is 2. The molecule has 3 aliphatic heterocycles. The van der Waals surface area contributed by atoms with Crippen LogP contribution in [0.15, 0.2) is 25.3 Å². The Morgan fingerprint density at radius 2 is 1.32 bits per heavy atom. The number of anilines is 2. The monoisotopic (exact) mass is 694 g/mol. The van der Waals surface area contributed by atoms with Crippen LogP contribution in [0.25, 0.3) is 22.3 Å². The fourth-order valence-corrected chi connectivity index (χ4v) is 8.09. The summed E-state index contributed by atoms with van der Waals surface area (Å²) >= 11 is 9.15. The first-order chi connectivity index (χ1) is 20.9. The van der Waals surface area contributed by atoms with E-state index < -0.39 is 75.9 Å². The summed E-state index contributed by atoms with van der Waals surface area (Å²) in [7, 11) is 0. The van der Waals surface area contributed by atoms with Crippen LogP contribution in [0, 0.1) is 0 Å². The number of thiol groups is 1. The van der Waals surface area contributed by atoms with Crippen LogP contribution in [-0.2, 0) is 43.9 Å². The number of nitrogens with two attached hydrogens (primary N) is 2. The maximum Gasteiger partial charge on any atom is 0.386 e. The molecule has 3 aliphatic rings. The lowest BCUT2D eigenvalue weighted by molar-refractivity contribution is -0.0564. The van der Waals surface area contributed by atoms with E-state index in [0.29, 0.717) is 0 Å². The molecule has 10 atom stereocenters. The number of alkyl halides is 2. The molecule has 0 saturated carbocycles. The number of hydrogen-bond acceptors (Lipinski definition) is 16. The average molecular weight is 695 g/mol. The zero-order chi connectivity index (χ0) is 31.0. The predicted octanol–water partition coefficient (Wildman–Crippen LogP) is 1.37. The number of hydrogen-bond donors (Lipinski definition) is 4. The van der Waals surface area contributed by atoms with Gasteiger partial charge in [0, 0.05) is 0 Å². The van der Waals surface area contributed by atoms with Crippen molar-refractivity contribution in [2.45, 2.75) is 49.2 Å². The van der Waals surface area contributed by atoms with E-state index in [4.69, 9.17) is 50.8 Å². The number of rotatable bonds is 2. The standard InChI is InChI=1S/C20H22F2N10O8P2S2/c21-9-13-7(37-19(9)31-5-29-11-15(23)25-3-27-17(11)31)1-35-41(33,43)40-14-8(2-36-42(34,44)39-13)38-20(10(14)22)32-6-30-12-16(24)26-4-28-18(12)32/h3-10,13-14,19-20H,1-2H2,(H,33,43)(H,34,44)(H2,23,25,27)(H2,24,26,28)/t7-,8-,9-,10-,13-,14-,19-,20-,41?,42?/m1/s1. The largest absolute Gasteiger partial charge is 0.386 e.